The first-order chi connectivity index (χ1) is 38.7. The number of nitrogens with one attached hydrogen (secondary N) is 6. The molecule has 448 valence electrons. The standard InChI is InChI=1S/C41H28N6O17S4.8Na.4O3S/c48-37(42-27-7-3-1-4-8-27)23-15-24(38(49)43-28-9-5-2-6-10-28)18-29(17-23)44-41(52)45-30-19-25(39(50)46-33-13-11-31(65(53,54)55)21-35(33)67(59,60)61)16-26(20-30)40(51)47-34-14-12-32(66(56,57)58)22-36(34)68(62,63)64;;;;;;;;;4*1-4(2)3/h3-7,9,11-22H,(H,42,48)(H,43,49)(H,46,50)(H,47,51)(H2,44,45,52)(H,53,54,55)(H,56,57,58)(H,59,60,61)(H,62,63,64);;;;;;;;;;;;/q-4;8*+1;;;;/p-4. The second-order valence-corrected chi connectivity index (χ2v) is 21.4. The van der Waals surface area contributed by atoms with E-state index in [2.05, 4.69) is 45.5 Å². The Hall–Kier alpha value is -1.41. The van der Waals surface area contributed by atoms with Crippen LogP contribution < -0.4 is 268 Å². The minimum atomic E-state index is -5.62. The molecule has 0 heterocycles. The van der Waals surface area contributed by atoms with E-state index in [0.717, 1.165) is 30.3 Å². The van der Waals surface area contributed by atoms with Gasteiger partial charge in [-0.2, -0.15) is 11.4 Å². The van der Waals surface area contributed by atoms with Gasteiger partial charge < -0.3 is 86.5 Å². The second-order valence-electron chi connectivity index (χ2n) is 14.3. The van der Waals surface area contributed by atoms with Crippen molar-refractivity contribution in [3.05, 3.63) is 156 Å². The van der Waals surface area contributed by atoms with Crippen LogP contribution in [0.4, 0.5) is 38.9 Å². The average molecular weight is 1510 g/mol. The van der Waals surface area contributed by atoms with Crippen molar-refractivity contribution in [1.82, 2.24) is 0 Å². The van der Waals surface area contributed by atoms with Crippen LogP contribution in [-0.2, 0) is 82.9 Å². The Labute approximate surface area is 704 Å². The van der Waals surface area contributed by atoms with Crippen molar-refractivity contribution in [1.29, 1.82) is 0 Å². The quantitative estimate of drug-likeness (QED) is 0.0335. The maximum absolute atomic E-state index is 13.7. The van der Waals surface area contributed by atoms with Crippen molar-refractivity contribution >= 4 is 147 Å². The number of amides is 6. The van der Waals surface area contributed by atoms with E-state index in [1.54, 1.807) is 0 Å². The third-order valence-electron chi connectivity index (χ3n) is 8.76. The van der Waals surface area contributed by atoms with E-state index in [0.29, 0.717) is 24.3 Å². The molecule has 0 radical (unpaired) electrons. The van der Waals surface area contributed by atoms with E-state index in [4.69, 9.17) is 50.5 Å². The van der Waals surface area contributed by atoms with Gasteiger partial charge >= 0.3 is 285 Å². The smallest absolute Gasteiger partial charge is 0.744 e. The summed E-state index contributed by atoms with van der Waals surface area (Å²) < 4.78 is 243. The Morgan fingerprint density at radius 2 is 0.587 bits per heavy atom. The molecule has 0 atom stereocenters. The third-order valence-corrected chi connectivity index (χ3v) is 12.2. The van der Waals surface area contributed by atoms with Gasteiger partial charge in [0.15, 0.2) is 0 Å². The molecule has 0 spiro atoms. The summed E-state index contributed by atoms with van der Waals surface area (Å²) in [6.45, 7) is 0. The van der Waals surface area contributed by atoms with E-state index in [1.165, 1.54) is 42.5 Å². The minimum absolute atomic E-state index is 0. The molecule has 0 unspecified atom stereocenters. The van der Waals surface area contributed by atoms with Crippen LogP contribution in [0, 0.1) is 24.3 Å². The summed E-state index contributed by atoms with van der Waals surface area (Å²) in [5.74, 6) is -4.30. The van der Waals surface area contributed by atoms with Gasteiger partial charge in [0.2, 0.25) is 0 Å². The van der Waals surface area contributed by atoms with Gasteiger partial charge in [-0.1, -0.05) is 0 Å². The summed E-state index contributed by atoms with van der Waals surface area (Å²) in [5.41, 5.74) is -3.66. The third kappa shape index (κ3) is 41.1. The first-order valence-corrected chi connectivity index (χ1v) is 29.9. The monoisotopic (exact) mass is 1500 g/mol. The number of anilines is 6. The van der Waals surface area contributed by atoms with Crippen LogP contribution in [0.2, 0.25) is 0 Å². The first-order valence-electron chi connectivity index (χ1n) is 20.3. The molecule has 51 heteroatoms. The maximum Gasteiger partial charge on any atom is 1.00 e. The SMILES string of the molecule is O=C(Nc1cc(C(=O)Nc2[c-]c[c-]cc2)cc(C(=O)Nc2[c-]c[c-]cc2)c1)Nc1cc(C(=O)Nc2ccc(S(=O)(=O)[O-])cc2S(=O)(=O)[O-])cc(C(=O)Nc2ccc(S(=O)(=O)[O-])cc2S(=O)(=O)[O-])c1.O=S(=O)=O.O=S(=O)=O.O=S(=O)=O.O=S(=O)=O.[Na+].[Na+].[Na+].[Na+].[Na+].[Na+].[Na+].[Na+]. The predicted octanol–water partition coefficient (Wildman–Crippen LogP) is -24.8. The number of hydrogen-bond donors (Lipinski definition) is 6. The van der Waals surface area contributed by atoms with Gasteiger partial charge in [-0.3, -0.25) is 43.4 Å². The maximum atomic E-state index is 13.7. The van der Waals surface area contributed by atoms with Crippen molar-refractivity contribution in [2.75, 3.05) is 31.9 Å². The Kier molecular flexibility index (Phi) is 55.6. The van der Waals surface area contributed by atoms with Crippen LogP contribution in [0.1, 0.15) is 41.4 Å². The molecule has 0 saturated heterocycles. The van der Waals surface area contributed by atoms with E-state index in [-0.39, 0.29) is 277 Å². The van der Waals surface area contributed by atoms with E-state index in [1.807, 2.05) is 10.6 Å². The Balaban J connectivity index is -0.000000540. The normalized spacial score (nSPS) is 9.70. The molecular weight excluding hydrogens is 1480 g/mol. The van der Waals surface area contributed by atoms with Gasteiger partial charge in [-0.05, 0) is 72.8 Å². The zero-order valence-electron chi connectivity index (χ0n) is 48.0. The fourth-order valence-electron chi connectivity index (χ4n) is 5.78. The van der Waals surface area contributed by atoms with E-state index in [9.17, 15) is 75.9 Å². The number of carbonyl (C=O) groups excluding carboxylic acids is 5. The van der Waals surface area contributed by atoms with Crippen molar-refractivity contribution in [3.8, 4) is 0 Å². The average Bonchev–Trinajstić information content (AvgIpc) is 0.825. The van der Waals surface area contributed by atoms with Crippen LogP contribution in [0.5, 0.6) is 0 Å². The topological polar surface area (TPSA) is 591 Å². The fraction of sp³-hybridized carbons (Fsp3) is 0. The van der Waals surface area contributed by atoms with Crippen molar-refractivity contribution in [2.45, 2.75) is 19.6 Å². The predicted molar refractivity (Wildman–Crippen MR) is 269 cm³/mol. The second kappa shape index (κ2) is 49.2. The zero-order chi connectivity index (χ0) is 64.1. The Bertz CT molecular complexity index is 4190. The summed E-state index contributed by atoms with van der Waals surface area (Å²) in [7, 11) is -34.3. The number of urea groups is 1. The molecule has 92 heavy (non-hydrogen) atoms. The van der Waals surface area contributed by atoms with E-state index < -0.39 is 160 Å². The molecule has 0 aliphatic heterocycles. The first kappa shape index (κ1) is 104. The number of rotatable bonds is 14. The number of hydrogen-bond acceptors (Lipinski definition) is 29. The Morgan fingerprint density at radius 1 is 0.337 bits per heavy atom. The van der Waals surface area contributed by atoms with Gasteiger partial charge in [0.1, 0.15) is 40.5 Å². The minimum Gasteiger partial charge on any atom is -0.744 e. The van der Waals surface area contributed by atoms with Crippen LogP contribution in [-0.4, -0.2) is 132 Å². The molecule has 35 nitrogen and oxygen atoms in total. The fourth-order valence-corrected chi connectivity index (χ4v) is 8.24. The molecule has 6 aromatic rings. The van der Waals surface area contributed by atoms with Crippen molar-refractivity contribution < 1.29 is 363 Å². The molecule has 0 bridgehead atoms. The molecule has 6 rings (SSSR count). The molecule has 6 amide bonds. The summed E-state index contributed by atoms with van der Waals surface area (Å²) >= 11 is 0. The number of benzene rings is 6. The summed E-state index contributed by atoms with van der Waals surface area (Å²) in [6.07, 6.45) is 0. The molecule has 0 saturated carbocycles. The molecule has 6 aromatic carbocycles. The van der Waals surface area contributed by atoms with Crippen LogP contribution >= 0.6 is 0 Å². The Morgan fingerprint density at radius 3 is 0.804 bits per heavy atom. The molecule has 0 aromatic heterocycles. The van der Waals surface area contributed by atoms with Crippen molar-refractivity contribution in [3.63, 3.8) is 0 Å². The summed E-state index contributed by atoms with van der Waals surface area (Å²) in [5, 5.41) is 13.8. The molecular formula is C41H24N6Na8O29S8. The molecule has 0 aliphatic carbocycles. The largest absolute Gasteiger partial charge is 1.00 e. The van der Waals surface area contributed by atoms with Gasteiger partial charge in [-0.25, -0.2) is 38.5 Å². The zero-order valence-corrected chi connectivity index (χ0v) is 70.5. The summed E-state index contributed by atoms with van der Waals surface area (Å²) in [4.78, 5) is 62.6. The van der Waals surface area contributed by atoms with Gasteiger partial charge in [-0.15, -0.1) is 50.5 Å². The van der Waals surface area contributed by atoms with Gasteiger partial charge in [0.25, 0.3) is 23.6 Å². The van der Waals surface area contributed by atoms with E-state index >= 15 is 0 Å². The molecule has 0 fully saturated rings. The van der Waals surface area contributed by atoms with Crippen molar-refractivity contribution in [2.24, 2.45) is 0 Å². The number of carbonyl (C=O) groups is 5. The van der Waals surface area contributed by atoms with Crippen LogP contribution in [0.25, 0.3) is 0 Å². The van der Waals surface area contributed by atoms with Gasteiger partial charge in [0, 0.05) is 33.6 Å². The summed E-state index contributed by atoms with van der Waals surface area (Å²) in [6, 6.07) is 27.1. The molecule has 6 N–H and O–H groups in total. The van der Waals surface area contributed by atoms with Crippen LogP contribution in [0.15, 0.2) is 129 Å². The molecule has 0 aliphatic rings. The van der Waals surface area contributed by atoms with Crippen LogP contribution in [0.3, 0.4) is 0 Å². The van der Waals surface area contributed by atoms with Gasteiger partial charge in [0.05, 0.1) is 31.0 Å².